The van der Waals surface area contributed by atoms with E-state index >= 15 is 0 Å². The maximum absolute atomic E-state index is 14.1. The van der Waals surface area contributed by atoms with E-state index in [0.29, 0.717) is 6.42 Å². The molecule has 3 rings (SSSR count). The quantitative estimate of drug-likeness (QED) is 0.249. The Hall–Kier alpha value is -3.10. The van der Waals surface area contributed by atoms with Gasteiger partial charge in [-0.2, -0.15) is 13.2 Å². The Kier molecular flexibility index (Phi) is 10.6. The molecular weight excluding hydrogens is 556 g/mol. The van der Waals surface area contributed by atoms with Crippen molar-refractivity contribution >= 4 is 21.7 Å². The van der Waals surface area contributed by atoms with Crippen LogP contribution in [0.1, 0.15) is 49.8 Å². The summed E-state index contributed by atoms with van der Waals surface area (Å²) in [7, 11) is -4.18. The van der Waals surface area contributed by atoms with Crippen molar-refractivity contribution < 1.29 is 40.7 Å². The predicted molar refractivity (Wildman–Crippen MR) is 138 cm³/mol. The summed E-state index contributed by atoms with van der Waals surface area (Å²) >= 11 is 0. The van der Waals surface area contributed by atoms with Crippen LogP contribution in [0.15, 0.2) is 48.8 Å². The molecule has 1 fully saturated rings. The monoisotopic (exact) mass is 588 g/mol. The number of alkyl halides is 3. The minimum atomic E-state index is -4.99. The average Bonchev–Trinajstić information content (AvgIpc) is 3.70. The molecule has 1 aliphatic carbocycles. The zero-order valence-corrected chi connectivity index (χ0v) is 22.5. The number of nitrogens with zero attached hydrogens (tertiary/aromatic N) is 1. The molecule has 2 amide bonds. The number of hydrogen-bond acceptors (Lipinski definition) is 7. The molecule has 4 N–H and O–H groups in total. The van der Waals surface area contributed by atoms with Crippen molar-refractivity contribution in [2.75, 3.05) is 5.75 Å². The van der Waals surface area contributed by atoms with Crippen LogP contribution in [-0.2, 0) is 25.2 Å². The van der Waals surface area contributed by atoms with Crippen molar-refractivity contribution in [3.8, 4) is 0 Å². The lowest BCUT2D eigenvalue weighted by molar-refractivity contribution is -0.160. The highest BCUT2D eigenvalue weighted by Crippen LogP contribution is 2.33. The Balaban J connectivity index is 1.89. The molecule has 1 heterocycles. The van der Waals surface area contributed by atoms with Gasteiger partial charge in [-0.25, -0.2) is 12.8 Å². The number of carbonyl (C=O) groups is 2. The fourth-order valence-electron chi connectivity index (χ4n) is 4.09. The number of amides is 2. The number of aromatic nitrogens is 1. The maximum atomic E-state index is 14.1. The molecule has 0 bridgehead atoms. The van der Waals surface area contributed by atoms with Gasteiger partial charge in [0.1, 0.15) is 17.9 Å². The van der Waals surface area contributed by atoms with E-state index in [2.05, 4.69) is 20.9 Å². The highest BCUT2D eigenvalue weighted by molar-refractivity contribution is 7.90. The van der Waals surface area contributed by atoms with Crippen molar-refractivity contribution in [1.29, 1.82) is 0 Å². The van der Waals surface area contributed by atoms with Crippen LogP contribution < -0.4 is 16.0 Å². The summed E-state index contributed by atoms with van der Waals surface area (Å²) in [6.07, 6.45) is -2.01. The van der Waals surface area contributed by atoms with Gasteiger partial charge in [0.05, 0.1) is 17.5 Å². The van der Waals surface area contributed by atoms with Crippen LogP contribution in [0.3, 0.4) is 0 Å². The number of nitrogens with one attached hydrogen (secondary N) is 3. The second-order valence-corrected chi connectivity index (χ2v) is 11.9. The van der Waals surface area contributed by atoms with Crippen LogP contribution in [0.4, 0.5) is 17.6 Å². The van der Waals surface area contributed by atoms with Gasteiger partial charge in [0.25, 0.3) is 5.91 Å². The summed E-state index contributed by atoms with van der Waals surface area (Å²) in [5.41, 5.74) is -0.172. The van der Waals surface area contributed by atoms with Crippen molar-refractivity contribution in [2.45, 2.75) is 74.8 Å². The third-order valence-electron chi connectivity index (χ3n) is 6.25. The number of benzene rings is 1. The van der Waals surface area contributed by atoms with Gasteiger partial charge in [-0.05, 0) is 48.6 Å². The fraction of sp³-hybridized carbons (Fsp3) is 0.500. The van der Waals surface area contributed by atoms with Gasteiger partial charge in [0.2, 0.25) is 5.91 Å². The van der Waals surface area contributed by atoms with E-state index in [1.54, 1.807) is 6.92 Å². The Labute approximate surface area is 229 Å². The Morgan fingerprint density at radius 1 is 1.12 bits per heavy atom. The first-order valence-electron chi connectivity index (χ1n) is 12.8. The smallest absolute Gasteiger partial charge is 0.381 e. The van der Waals surface area contributed by atoms with Gasteiger partial charge < -0.3 is 15.7 Å². The summed E-state index contributed by atoms with van der Waals surface area (Å²) in [5, 5.41) is 17.6. The summed E-state index contributed by atoms with van der Waals surface area (Å²) in [4.78, 5) is 29.6. The van der Waals surface area contributed by atoms with Crippen LogP contribution in [0.25, 0.3) is 0 Å². The number of sulfone groups is 1. The summed E-state index contributed by atoms with van der Waals surface area (Å²) in [6.45, 7) is 1.72. The Morgan fingerprint density at radius 3 is 2.35 bits per heavy atom. The van der Waals surface area contributed by atoms with Gasteiger partial charge in [-0.3, -0.25) is 19.9 Å². The Bertz CT molecular complexity index is 1240. The standard InChI is InChI=1S/C26H32F4N4O5S/c1-2-4-20(22(35)25(37)32-19-10-11-19)34-24(36)21(15-40(38,39)14-16-5-3-12-31-13-16)33-23(26(28,29)30)17-6-8-18(27)9-7-17/h3,5-9,12-13,19-23,33,35H,2,4,10-11,14-15H2,1H3,(H,32,37)(H,34,36)/t20?,21-,22?,23-/m1/s1. The van der Waals surface area contributed by atoms with Crippen molar-refractivity contribution in [3.05, 3.63) is 65.7 Å². The van der Waals surface area contributed by atoms with Crippen LogP contribution in [-0.4, -0.2) is 66.5 Å². The van der Waals surface area contributed by atoms with E-state index in [4.69, 9.17) is 0 Å². The summed E-state index contributed by atoms with van der Waals surface area (Å²) in [5.74, 6) is -4.30. The third kappa shape index (κ3) is 9.52. The van der Waals surface area contributed by atoms with Crippen molar-refractivity contribution in [2.24, 2.45) is 0 Å². The van der Waals surface area contributed by atoms with Gasteiger partial charge in [-0.1, -0.05) is 31.5 Å². The van der Waals surface area contributed by atoms with E-state index in [1.807, 2.05) is 0 Å². The zero-order valence-electron chi connectivity index (χ0n) is 21.7. The Morgan fingerprint density at radius 2 is 1.80 bits per heavy atom. The molecule has 1 aromatic carbocycles. The molecule has 220 valence electrons. The number of aliphatic hydroxyl groups excluding tert-OH is 1. The van der Waals surface area contributed by atoms with Gasteiger partial charge in [0, 0.05) is 18.4 Å². The highest BCUT2D eigenvalue weighted by Gasteiger charge is 2.44. The SMILES string of the molecule is CCCC(NC(=O)[C@@H](CS(=O)(=O)Cc1cccnc1)N[C@H](c1ccc(F)cc1)C(F)(F)F)C(O)C(=O)NC1CC1. The second-order valence-electron chi connectivity index (χ2n) is 9.79. The summed E-state index contributed by atoms with van der Waals surface area (Å²) < 4.78 is 81.8. The number of halogens is 4. The molecule has 0 radical (unpaired) electrons. The van der Waals surface area contributed by atoms with E-state index < -0.39 is 74.9 Å². The molecular formula is C26H32F4N4O5S. The summed E-state index contributed by atoms with van der Waals surface area (Å²) in [6, 6.07) is 0.609. The number of carbonyl (C=O) groups excluding carboxylic acids is 2. The minimum Gasteiger partial charge on any atom is -0.381 e. The fourth-order valence-corrected chi connectivity index (χ4v) is 5.64. The molecule has 14 heteroatoms. The average molecular weight is 589 g/mol. The molecule has 2 aromatic rings. The molecule has 1 aromatic heterocycles. The molecule has 40 heavy (non-hydrogen) atoms. The van der Waals surface area contributed by atoms with Crippen LogP contribution >= 0.6 is 0 Å². The molecule has 0 saturated heterocycles. The van der Waals surface area contributed by atoms with E-state index in [9.17, 15) is 40.7 Å². The second kappa shape index (κ2) is 13.5. The normalized spacial score (nSPS) is 16.9. The number of pyridine rings is 1. The molecule has 0 spiro atoms. The lowest BCUT2D eigenvalue weighted by Gasteiger charge is -2.30. The lowest BCUT2D eigenvalue weighted by Crippen LogP contribution is -2.57. The first-order valence-corrected chi connectivity index (χ1v) is 14.6. The molecule has 1 saturated carbocycles. The third-order valence-corrected chi connectivity index (χ3v) is 7.86. The van der Waals surface area contributed by atoms with E-state index in [-0.39, 0.29) is 18.0 Å². The van der Waals surface area contributed by atoms with Crippen molar-refractivity contribution in [3.63, 3.8) is 0 Å². The molecule has 2 unspecified atom stereocenters. The highest BCUT2D eigenvalue weighted by atomic mass is 32.2. The van der Waals surface area contributed by atoms with Crippen LogP contribution in [0.5, 0.6) is 0 Å². The molecule has 9 nitrogen and oxygen atoms in total. The number of rotatable bonds is 14. The van der Waals surface area contributed by atoms with Gasteiger partial charge >= 0.3 is 6.18 Å². The minimum absolute atomic E-state index is 0.0876. The van der Waals surface area contributed by atoms with Gasteiger partial charge in [0.15, 0.2) is 15.9 Å². The largest absolute Gasteiger partial charge is 0.407 e. The molecule has 1 aliphatic rings. The lowest BCUT2D eigenvalue weighted by atomic mass is 10.0. The van der Waals surface area contributed by atoms with E-state index in [0.717, 1.165) is 37.1 Å². The first-order chi connectivity index (χ1) is 18.8. The van der Waals surface area contributed by atoms with Gasteiger partial charge in [-0.15, -0.1) is 0 Å². The topological polar surface area (TPSA) is 137 Å². The zero-order chi connectivity index (χ0) is 29.5. The first kappa shape index (κ1) is 31.4. The van der Waals surface area contributed by atoms with Crippen LogP contribution in [0, 0.1) is 5.82 Å². The van der Waals surface area contributed by atoms with Crippen molar-refractivity contribution in [1.82, 2.24) is 20.9 Å². The predicted octanol–water partition coefficient (Wildman–Crippen LogP) is 2.32. The molecule has 4 atom stereocenters. The molecule has 0 aliphatic heterocycles. The maximum Gasteiger partial charge on any atom is 0.407 e. The number of aliphatic hydroxyl groups is 1. The van der Waals surface area contributed by atoms with E-state index in [1.165, 1.54) is 24.5 Å². The van der Waals surface area contributed by atoms with Crippen LogP contribution in [0.2, 0.25) is 0 Å². The number of hydrogen-bond donors (Lipinski definition) is 4.